The second-order valence-electron chi connectivity index (χ2n) is 13.1. The molecule has 5 heteroatoms. The van der Waals surface area contributed by atoms with E-state index in [9.17, 15) is 19.0 Å². The average molecular weight is 487 g/mol. The Hall–Kier alpha value is -0.130. The van der Waals surface area contributed by atoms with Crippen molar-refractivity contribution in [3.63, 3.8) is 0 Å². The highest BCUT2D eigenvalue weighted by molar-refractivity contribution is 7.59. The third-order valence-electron chi connectivity index (χ3n) is 10.7. The van der Waals surface area contributed by atoms with Crippen LogP contribution in [-0.4, -0.2) is 27.8 Å². The monoisotopic (exact) mass is 486 g/mol. The molecule has 0 spiro atoms. The van der Waals surface area contributed by atoms with E-state index >= 15 is 0 Å². The maximum absolute atomic E-state index is 13.3. The van der Waals surface area contributed by atoms with Crippen molar-refractivity contribution in [2.45, 2.75) is 123 Å². The van der Waals surface area contributed by atoms with Crippen LogP contribution in [0.1, 0.15) is 105 Å². The quantitative estimate of drug-likeness (QED) is 0.388. The van der Waals surface area contributed by atoms with Crippen molar-refractivity contribution in [1.29, 1.82) is 0 Å². The van der Waals surface area contributed by atoms with Crippen molar-refractivity contribution in [2.75, 3.05) is 0 Å². The van der Waals surface area contributed by atoms with E-state index in [0.29, 0.717) is 23.7 Å². The molecule has 4 rings (SSSR count). The van der Waals surface area contributed by atoms with E-state index in [-0.39, 0.29) is 18.9 Å². The van der Waals surface area contributed by atoms with E-state index in [1.54, 1.807) is 0 Å². The van der Waals surface area contributed by atoms with Gasteiger partial charge in [-0.2, -0.15) is 13.5 Å². The van der Waals surface area contributed by atoms with Crippen molar-refractivity contribution in [1.82, 2.24) is 0 Å². The molecule has 4 aliphatic rings. The topological polar surface area (TPSA) is 40.5 Å². The molecular weight excluding hydrogens is 438 g/mol. The van der Waals surface area contributed by atoms with Crippen LogP contribution < -0.4 is 0 Å². The normalized spacial score (nSPS) is 44.6. The second-order valence-corrected chi connectivity index (χ2v) is 13.1. The lowest BCUT2D eigenvalue weighted by molar-refractivity contribution is -0.0714. The first-order valence-electron chi connectivity index (χ1n) is 13.2. The van der Waals surface area contributed by atoms with Gasteiger partial charge in [-0.3, -0.25) is 0 Å². The smallest absolute Gasteiger partial charge is 0.247 e. The average Bonchev–Trinajstić information content (AvgIpc) is 3.02. The zero-order chi connectivity index (χ0) is 23.5. The summed E-state index contributed by atoms with van der Waals surface area (Å²) in [7, 11) is 0. The van der Waals surface area contributed by atoms with Gasteiger partial charge in [0.2, 0.25) is 5.92 Å². The number of alkyl halides is 2. The van der Waals surface area contributed by atoms with Gasteiger partial charge < -0.3 is 10.2 Å². The minimum atomic E-state index is -2.79. The van der Waals surface area contributed by atoms with Crippen LogP contribution in [0.25, 0.3) is 0 Å². The van der Waals surface area contributed by atoms with Crippen LogP contribution >= 0.6 is 13.5 Å². The van der Waals surface area contributed by atoms with E-state index in [0.717, 1.165) is 56.8 Å². The second kappa shape index (κ2) is 9.39. The van der Waals surface area contributed by atoms with Gasteiger partial charge in [0.05, 0.1) is 11.7 Å². The fraction of sp³-hybridized carbons (Fsp3) is 0.929. The molecular formula is C28H48F2O2S. The zero-order valence-corrected chi connectivity index (χ0v) is 22.5. The van der Waals surface area contributed by atoms with E-state index in [2.05, 4.69) is 26.8 Å². The van der Waals surface area contributed by atoms with Crippen LogP contribution in [0.15, 0.2) is 11.6 Å². The molecule has 2 N–H and O–H groups in total. The summed E-state index contributed by atoms with van der Waals surface area (Å²) >= 11 is 0. The number of hydrogen-bond acceptors (Lipinski definition) is 2. The summed E-state index contributed by atoms with van der Waals surface area (Å²) in [4.78, 5) is 0. The zero-order valence-electron chi connectivity index (χ0n) is 21.5. The van der Waals surface area contributed by atoms with Gasteiger partial charge in [-0.15, -0.1) is 0 Å². The van der Waals surface area contributed by atoms with Crippen LogP contribution in [0.3, 0.4) is 0 Å². The van der Waals surface area contributed by atoms with Crippen molar-refractivity contribution < 1.29 is 19.0 Å². The molecule has 3 fully saturated rings. The third-order valence-corrected chi connectivity index (χ3v) is 10.7. The third kappa shape index (κ3) is 5.21. The van der Waals surface area contributed by atoms with E-state index in [1.165, 1.54) is 31.3 Å². The lowest BCUT2D eigenvalue weighted by Crippen LogP contribution is -2.52. The standard InChI is InChI=1S/C28H46F2O2.H2S/c1-18(6-8-20(31)17-28(5,29)30)22-10-11-23-21-9-7-19-16-25(2,32)14-15-26(19,3)24(21)12-13-27(22,23)4;/h7,18,20-24,31-32H,6,8-17H2,1-5H3;1H2/t18-,20+,21+,22-,23+,24+,25+,26+,27-;/m1./s1. The molecule has 0 unspecified atom stereocenters. The summed E-state index contributed by atoms with van der Waals surface area (Å²) in [5, 5.41) is 20.8. The number of aliphatic hydroxyl groups is 2. The Morgan fingerprint density at radius 3 is 2.42 bits per heavy atom. The first-order chi connectivity index (χ1) is 14.8. The summed E-state index contributed by atoms with van der Waals surface area (Å²) < 4.78 is 26.5. The molecule has 0 aromatic heterocycles. The van der Waals surface area contributed by atoms with Gasteiger partial charge in [0, 0.05) is 6.42 Å². The van der Waals surface area contributed by atoms with Gasteiger partial charge in [-0.05, 0) is 118 Å². The lowest BCUT2D eigenvalue weighted by atomic mass is 9.46. The molecule has 0 radical (unpaired) electrons. The van der Waals surface area contributed by atoms with E-state index in [1.807, 2.05) is 6.92 Å². The summed E-state index contributed by atoms with van der Waals surface area (Å²) in [6, 6.07) is 0. The van der Waals surface area contributed by atoms with Gasteiger partial charge in [0.25, 0.3) is 0 Å². The Bertz CT molecular complexity index is 732. The summed E-state index contributed by atoms with van der Waals surface area (Å²) in [5.41, 5.74) is 1.57. The highest BCUT2D eigenvalue weighted by atomic mass is 32.1. The number of allylic oxidation sites excluding steroid dienone is 1. The predicted octanol–water partition coefficient (Wildman–Crippen LogP) is 7.25. The molecule has 3 saturated carbocycles. The predicted molar refractivity (Wildman–Crippen MR) is 136 cm³/mol. The molecule has 33 heavy (non-hydrogen) atoms. The number of rotatable bonds is 6. The van der Waals surface area contributed by atoms with Crippen molar-refractivity contribution >= 4 is 13.5 Å². The van der Waals surface area contributed by atoms with E-state index in [4.69, 9.17) is 0 Å². The molecule has 4 aliphatic carbocycles. The van der Waals surface area contributed by atoms with Gasteiger partial charge >= 0.3 is 0 Å². The Morgan fingerprint density at radius 2 is 1.76 bits per heavy atom. The fourth-order valence-corrected chi connectivity index (χ4v) is 8.95. The molecule has 0 bridgehead atoms. The fourth-order valence-electron chi connectivity index (χ4n) is 8.95. The van der Waals surface area contributed by atoms with Crippen molar-refractivity contribution in [3.05, 3.63) is 11.6 Å². The van der Waals surface area contributed by atoms with Crippen molar-refractivity contribution in [2.24, 2.45) is 40.4 Å². The molecule has 2 nitrogen and oxygen atoms in total. The van der Waals surface area contributed by atoms with Crippen molar-refractivity contribution in [3.8, 4) is 0 Å². The Balaban J connectivity index is 0.00000306. The molecule has 192 valence electrons. The highest BCUT2D eigenvalue weighted by Crippen LogP contribution is 2.67. The van der Waals surface area contributed by atoms with Crippen LogP contribution in [0.2, 0.25) is 0 Å². The largest absolute Gasteiger partial charge is 0.393 e. The Kier molecular flexibility index (Phi) is 7.81. The highest BCUT2D eigenvalue weighted by Gasteiger charge is 2.59. The van der Waals surface area contributed by atoms with Gasteiger partial charge in [-0.25, -0.2) is 8.78 Å². The minimum absolute atomic E-state index is 0. The van der Waals surface area contributed by atoms with Crippen LogP contribution in [0.4, 0.5) is 8.78 Å². The first kappa shape index (κ1) is 27.5. The first-order valence-corrected chi connectivity index (χ1v) is 13.2. The molecule has 0 saturated heterocycles. The summed E-state index contributed by atoms with van der Waals surface area (Å²) in [6.45, 7) is 10.2. The Labute approximate surface area is 207 Å². The van der Waals surface area contributed by atoms with Gasteiger partial charge in [0.15, 0.2) is 0 Å². The number of halogens is 2. The van der Waals surface area contributed by atoms with E-state index < -0.39 is 24.0 Å². The summed E-state index contributed by atoms with van der Waals surface area (Å²) in [6.07, 6.45) is 11.6. The molecule has 0 heterocycles. The maximum Gasteiger partial charge on any atom is 0.247 e. The number of hydrogen-bond donors (Lipinski definition) is 2. The minimum Gasteiger partial charge on any atom is -0.393 e. The number of fused-ring (bicyclic) bond motifs is 5. The molecule has 0 amide bonds. The maximum atomic E-state index is 13.3. The molecule has 9 atom stereocenters. The van der Waals surface area contributed by atoms with Gasteiger partial charge in [0.1, 0.15) is 0 Å². The lowest BCUT2D eigenvalue weighted by Gasteiger charge is -2.59. The van der Waals surface area contributed by atoms with Crippen LogP contribution in [0, 0.1) is 40.4 Å². The summed E-state index contributed by atoms with van der Waals surface area (Å²) in [5.74, 6) is 0.536. The molecule has 0 aromatic rings. The molecule has 0 aromatic carbocycles. The number of aliphatic hydroxyl groups excluding tert-OH is 1. The molecule has 0 aliphatic heterocycles. The SMILES string of the molecule is C[C@H](CC[C@H](O)CC(C)(F)F)[C@H]1CC[C@H]2[C@@H]3CC=C4C[C@@](C)(O)CC[C@]4(C)[C@H]3CC[C@]12C.S. The van der Waals surface area contributed by atoms with Crippen LogP contribution in [-0.2, 0) is 0 Å². The van der Waals surface area contributed by atoms with Gasteiger partial charge in [-0.1, -0.05) is 32.4 Å². The van der Waals surface area contributed by atoms with Crippen LogP contribution in [0.5, 0.6) is 0 Å². The Morgan fingerprint density at radius 1 is 1.06 bits per heavy atom.